The van der Waals surface area contributed by atoms with E-state index in [-0.39, 0.29) is 36.6 Å². The van der Waals surface area contributed by atoms with Crippen LogP contribution in [0.1, 0.15) is 29.9 Å². The summed E-state index contributed by atoms with van der Waals surface area (Å²) in [5, 5.41) is 4.95. The average molecular weight is 445 g/mol. The SMILES string of the molecule is CC(C)CN(CC(=O)Nc1nc(CC(=O)N2CCOCC2)cs1)C(=O)c1ccccc1. The van der Waals surface area contributed by atoms with Gasteiger partial charge in [0.1, 0.15) is 6.54 Å². The number of amides is 3. The molecule has 1 aromatic heterocycles. The molecule has 1 aliphatic heterocycles. The second-order valence-corrected chi connectivity index (χ2v) is 8.67. The summed E-state index contributed by atoms with van der Waals surface area (Å²) in [6, 6.07) is 8.94. The molecule has 0 unspecified atom stereocenters. The van der Waals surface area contributed by atoms with Gasteiger partial charge in [-0.05, 0) is 18.1 Å². The normalized spacial score (nSPS) is 13.8. The van der Waals surface area contributed by atoms with Crippen LogP contribution in [-0.2, 0) is 20.7 Å². The van der Waals surface area contributed by atoms with Gasteiger partial charge >= 0.3 is 0 Å². The van der Waals surface area contributed by atoms with Crippen LogP contribution in [0.25, 0.3) is 0 Å². The molecule has 3 amide bonds. The van der Waals surface area contributed by atoms with Gasteiger partial charge in [-0.3, -0.25) is 14.4 Å². The zero-order chi connectivity index (χ0) is 22.2. The smallest absolute Gasteiger partial charge is 0.254 e. The van der Waals surface area contributed by atoms with E-state index in [1.807, 2.05) is 19.9 Å². The van der Waals surface area contributed by atoms with Gasteiger partial charge < -0.3 is 19.9 Å². The maximum atomic E-state index is 12.8. The summed E-state index contributed by atoms with van der Waals surface area (Å²) in [7, 11) is 0. The van der Waals surface area contributed by atoms with Crippen LogP contribution < -0.4 is 5.32 Å². The van der Waals surface area contributed by atoms with Crippen LogP contribution in [0, 0.1) is 5.92 Å². The lowest BCUT2D eigenvalue weighted by atomic mass is 10.1. The molecule has 9 heteroatoms. The number of hydrogen-bond donors (Lipinski definition) is 1. The Labute approximate surface area is 186 Å². The first-order valence-electron chi connectivity index (χ1n) is 10.4. The molecule has 2 aromatic rings. The maximum Gasteiger partial charge on any atom is 0.254 e. The predicted molar refractivity (Wildman–Crippen MR) is 119 cm³/mol. The molecule has 0 atom stereocenters. The molecule has 0 radical (unpaired) electrons. The summed E-state index contributed by atoms with van der Waals surface area (Å²) in [6.45, 7) is 6.70. The van der Waals surface area contributed by atoms with Crippen LogP contribution in [0.3, 0.4) is 0 Å². The molecule has 2 heterocycles. The van der Waals surface area contributed by atoms with Gasteiger partial charge in [-0.25, -0.2) is 4.98 Å². The Hall–Kier alpha value is -2.78. The third kappa shape index (κ3) is 6.86. The van der Waals surface area contributed by atoms with E-state index >= 15 is 0 Å². The van der Waals surface area contributed by atoms with Gasteiger partial charge in [-0.15, -0.1) is 11.3 Å². The zero-order valence-corrected chi connectivity index (χ0v) is 18.7. The van der Waals surface area contributed by atoms with E-state index in [1.165, 1.54) is 11.3 Å². The molecule has 1 N–H and O–H groups in total. The molecule has 166 valence electrons. The van der Waals surface area contributed by atoms with E-state index in [0.717, 1.165) is 0 Å². The van der Waals surface area contributed by atoms with Crippen LogP contribution in [0.2, 0.25) is 0 Å². The van der Waals surface area contributed by atoms with Crippen LogP contribution in [0.5, 0.6) is 0 Å². The second-order valence-electron chi connectivity index (χ2n) is 7.81. The van der Waals surface area contributed by atoms with Crippen molar-refractivity contribution < 1.29 is 19.1 Å². The number of aromatic nitrogens is 1. The van der Waals surface area contributed by atoms with E-state index in [4.69, 9.17) is 4.74 Å². The third-order valence-corrected chi connectivity index (χ3v) is 5.53. The van der Waals surface area contributed by atoms with Crippen molar-refractivity contribution in [2.24, 2.45) is 5.92 Å². The number of morpholine rings is 1. The van der Waals surface area contributed by atoms with Crippen molar-refractivity contribution in [3.05, 3.63) is 47.0 Å². The van der Waals surface area contributed by atoms with Crippen molar-refractivity contribution in [2.45, 2.75) is 20.3 Å². The first kappa shape index (κ1) is 22.9. The lowest BCUT2D eigenvalue weighted by Gasteiger charge is -2.26. The molecule has 8 nitrogen and oxygen atoms in total. The predicted octanol–water partition coefficient (Wildman–Crippen LogP) is 2.28. The molecule has 0 saturated carbocycles. The highest BCUT2D eigenvalue weighted by Gasteiger charge is 2.21. The van der Waals surface area contributed by atoms with Gasteiger partial charge in [0.15, 0.2) is 5.13 Å². The van der Waals surface area contributed by atoms with E-state index in [0.29, 0.717) is 49.2 Å². The van der Waals surface area contributed by atoms with Gasteiger partial charge in [0.05, 0.1) is 25.3 Å². The maximum absolute atomic E-state index is 12.8. The van der Waals surface area contributed by atoms with Crippen molar-refractivity contribution in [1.82, 2.24) is 14.8 Å². The molecule has 1 saturated heterocycles. The number of thiazole rings is 1. The van der Waals surface area contributed by atoms with E-state index in [2.05, 4.69) is 10.3 Å². The largest absolute Gasteiger partial charge is 0.378 e. The summed E-state index contributed by atoms with van der Waals surface area (Å²) >= 11 is 1.27. The van der Waals surface area contributed by atoms with Crippen molar-refractivity contribution in [1.29, 1.82) is 0 Å². The summed E-state index contributed by atoms with van der Waals surface area (Å²) in [5.74, 6) is -0.271. The van der Waals surface area contributed by atoms with E-state index in [9.17, 15) is 14.4 Å². The summed E-state index contributed by atoms with van der Waals surface area (Å²) in [4.78, 5) is 45.4. The van der Waals surface area contributed by atoms with Gasteiger partial charge in [-0.2, -0.15) is 0 Å². The summed E-state index contributed by atoms with van der Waals surface area (Å²) in [6.07, 6.45) is 0.193. The number of nitrogens with zero attached hydrogens (tertiary/aromatic N) is 3. The molecule has 0 aliphatic carbocycles. The fourth-order valence-corrected chi connectivity index (χ4v) is 4.01. The number of anilines is 1. The highest BCUT2D eigenvalue weighted by Crippen LogP contribution is 2.17. The quantitative estimate of drug-likeness (QED) is 0.675. The number of ether oxygens (including phenoxy) is 1. The van der Waals surface area contributed by atoms with E-state index in [1.54, 1.807) is 39.4 Å². The monoisotopic (exact) mass is 444 g/mol. The Morgan fingerprint density at radius 1 is 1.19 bits per heavy atom. The Bertz CT molecular complexity index is 894. The number of carbonyl (C=O) groups excluding carboxylic acids is 3. The molecule has 0 bridgehead atoms. The molecular formula is C22H28N4O4S. The van der Waals surface area contributed by atoms with Gasteiger partial charge in [0.25, 0.3) is 5.91 Å². The highest BCUT2D eigenvalue weighted by atomic mass is 32.1. The fourth-order valence-electron chi connectivity index (χ4n) is 3.28. The zero-order valence-electron chi connectivity index (χ0n) is 17.9. The fraction of sp³-hybridized carbons (Fsp3) is 0.455. The minimum absolute atomic E-state index is 0.00282. The lowest BCUT2D eigenvalue weighted by Crippen LogP contribution is -2.41. The molecule has 31 heavy (non-hydrogen) atoms. The second kappa shape index (κ2) is 11.0. The molecule has 1 aliphatic rings. The molecule has 1 aromatic carbocycles. The minimum Gasteiger partial charge on any atom is -0.378 e. The lowest BCUT2D eigenvalue weighted by molar-refractivity contribution is -0.134. The van der Waals surface area contributed by atoms with Crippen LogP contribution in [0.15, 0.2) is 35.7 Å². The summed E-state index contributed by atoms with van der Waals surface area (Å²) in [5.41, 5.74) is 1.17. The van der Waals surface area contributed by atoms with Gasteiger partial charge in [0.2, 0.25) is 11.8 Å². The molecule has 1 fully saturated rings. The Balaban J connectivity index is 1.57. The van der Waals surface area contributed by atoms with Crippen LogP contribution >= 0.6 is 11.3 Å². The average Bonchev–Trinajstić information content (AvgIpc) is 3.20. The van der Waals surface area contributed by atoms with Gasteiger partial charge in [-0.1, -0.05) is 32.0 Å². The van der Waals surface area contributed by atoms with Crippen molar-refractivity contribution >= 4 is 34.2 Å². The Morgan fingerprint density at radius 2 is 1.90 bits per heavy atom. The number of benzene rings is 1. The number of hydrogen-bond acceptors (Lipinski definition) is 6. The first-order valence-corrected chi connectivity index (χ1v) is 11.2. The summed E-state index contributed by atoms with van der Waals surface area (Å²) < 4.78 is 5.27. The van der Waals surface area contributed by atoms with E-state index < -0.39 is 0 Å². The Kier molecular flexibility index (Phi) is 8.13. The third-order valence-electron chi connectivity index (χ3n) is 4.72. The topological polar surface area (TPSA) is 91.8 Å². The molecular weight excluding hydrogens is 416 g/mol. The van der Waals surface area contributed by atoms with Crippen molar-refractivity contribution in [3.63, 3.8) is 0 Å². The van der Waals surface area contributed by atoms with Crippen LogP contribution in [0.4, 0.5) is 5.13 Å². The number of nitrogens with one attached hydrogen (secondary N) is 1. The minimum atomic E-state index is -0.315. The molecule has 0 spiro atoms. The molecule has 3 rings (SSSR count). The van der Waals surface area contributed by atoms with Crippen LogP contribution in [-0.4, -0.2) is 71.9 Å². The Morgan fingerprint density at radius 3 is 2.58 bits per heavy atom. The van der Waals surface area contributed by atoms with Crippen molar-refractivity contribution in [3.8, 4) is 0 Å². The van der Waals surface area contributed by atoms with Crippen molar-refractivity contribution in [2.75, 3.05) is 44.7 Å². The standard InChI is InChI=1S/C22H28N4O4S/c1-16(2)13-26(21(29)17-6-4-3-5-7-17)14-19(27)24-22-23-18(15-31-22)12-20(28)25-8-10-30-11-9-25/h3-7,15-16H,8-14H2,1-2H3,(H,23,24,27). The number of carbonyl (C=O) groups is 3. The highest BCUT2D eigenvalue weighted by molar-refractivity contribution is 7.13. The first-order chi connectivity index (χ1) is 14.9. The number of rotatable bonds is 8. The van der Waals surface area contributed by atoms with Gasteiger partial charge in [0, 0.05) is 30.6 Å².